The molecule has 5 aromatic carbocycles. The predicted molar refractivity (Wildman–Crippen MR) is 169 cm³/mol. The molecular weight excluding hydrogens is 500 g/mol. The number of fused-ring (bicyclic) bond motifs is 4. The number of para-hydroxylation sites is 2. The molecule has 4 heteroatoms. The summed E-state index contributed by atoms with van der Waals surface area (Å²) in [5.41, 5.74) is 11.1. The highest BCUT2D eigenvalue weighted by Gasteiger charge is 2.17. The second-order valence-electron chi connectivity index (χ2n) is 10.4. The Morgan fingerprint density at radius 2 is 1.32 bits per heavy atom. The highest BCUT2D eigenvalue weighted by Crippen LogP contribution is 2.38. The van der Waals surface area contributed by atoms with Crippen LogP contribution < -0.4 is 0 Å². The minimum absolute atomic E-state index is 0.956. The Bertz CT molecular complexity index is 2210. The Morgan fingerprint density at radius 1 is 0.512 bits per heavy atom. The fraction of sp³-hybridized carbons (Fsp3) is 0.0270. The molecule has 3 heterocycles. The van der Waals surface area contributed by atoms with E-state index in [2.05, 4.69) is 136 Å². The zero-order valence-electron chi connectivity index (χ0n) is 22.6. The Hall–Kier alpha value is -5.48. The van der Waals surface area contributed by atoms with Crippen LogP contribution in [0.15, 0.2) is 140 Å². The Balaban J connectivity index is 1.40. The Kier molecular flexibility index (Phi) is 5.32. The summed E-state index contributed by atoms with van der Waals surface area (Å²) in [5, 5.41) is 2.43. The molecule has 8 aromatic rings. The molecule has 0 unspecified atom stereocenters. The van der Waals surface area contributed by atoms with Crippen molar-refractivity contribution in [2.75, 3.05) is 0 Å². The van der Waals surface area contributed by atoms with E-state index in [-0.39, 0.29) is 0 Å². The number of pyridine rings is 1. The molecule has 3 aromatic heterocycles. The summed E-state index contributed by atoms with van der Waals surface area (Å²) in [6.45, 7) is 0. The SMILES string of the molecule is Cn1c(-c2ccc3c4cc(-c5ccccc5)ccc4n(-c4cccc(-c5ccccn5)c4)c3c2)nc2ccccc21. The number of nitrogens with zero attached hydrogens (tertiary/aromatic N) is 4. The van der Waals surface area contributed by atoms with Crippen LogP contribution >= 0.6 is 0 Å². The van der Waals surface area contributed by atoms with Crippen molar-refractivity contribution in [2.24, 2.45) is 7.05 Å². The lowest BCUT2D eigenvalue weighted by atomic mass is 10.0. The van der Waals surface area contributed by atoms with Crippen LogP contribution in [0.2, 0.25) is 0 Å². The molecule has 0 amide bonds. The van der Waals surface area contributed by atoms with E-state index in [1.165, 1.54) is 27.4 Å². The van der Waals surface area contributed by atoms with E-state index in [9.17, 15) is 0 Å². The monoisotopic (exact) mass is 526 g/mol. The lowest BCUT2D eigenvalue weighted by Crippen LogP contribution is -1.96. The Labute approximate surface area is 237 Å². The quantitative estimate of drug-likeness (QED) is 0.229. The van der Waals surface area contributed by atoms with Crippen molar-refractivity contribution in [3.63, 3.8) is 0 Å². The molecule has 41 heavy (non-hydrogen) atoms. The maximum atomic E-state index is 5.00. The number of aromatic nitrogens is 4. The molecule has 0 N–H and O–H groups in total. The van der Waals surface area contributed by atoms with Gasteiger partial charge in [-0.3, -0.25) is 4.98 Å². The average molecular weight is 527 g/mol. The van der Waals surface area contributed by atoms with Gasteiger partial charge in [0, 0.05) is 40.8 Å². The van der Waals surface area contributed by atoms with E-state index >= 15 is 0 Å². The third-order valence-electron chi connectivity index (χ3n) is 7.98. The third-order valence-corrected chi connectivity index (χ3v) is 7.98. The highest BCUT2D eigenvalue weighted by molar-refractivity contribution is 6.11. The molecule has 0 radical (unpaired) electrons. The van der Waals surface area contributed by atoms with Crippen molar-refractivity contribution in [1.82, 2.24) is 19.1 Å². The van der Waals surface area contributed by atoms with Gasteiger partial charge in [0.1, 0.15) is 5.82 Å². The second kappa shape index (κ2) is 9.32. The first-order chi connectivity index (χ1) is 20.2. The standard InChI is InChI=1S/C37H26N4/c1-40-35-16-6-5-15-33(35)39-37(40)28-17-19-30-31-23-26(25-10-3-2-4-11-25)18-20-34(31)41(36(30)24-28)29-13-9-12-27(22-29)32-14-7-8-21-38-32/h2-24H,1H3. The lowest BCUT2D eigenvalue weighted by Gasteiger charge is -2.11. The number of hydrogen-bond donors (Lipinski definition) is 0. The van der Waals surface area contributed by atoms with Gasteiger partial charge in [-0.1, -0.05) is 78.9 Å². The van der Waals surface area contributed by atoms with Gasteiger partial charge in [0.15, 0.2) is 0 Å². The van der Waals surface area contributed by atoms with Gasteiger partial charge >= 0.3 is 0 Å². The van der Waals surface area contributed by atoms with Gasteiger partial charge < -0.3 is 9.13 Å². The minimum Gasteiger partial charge on any atom is -0.327 e. The molecule has 8 rings (SSSR count). The molecule has 194 valence electrons. The second-order valence-corrected chi connectivity index (χ2v) is 10.4. The van der Waals surface area contributed by atoms with Crippen molar-refractivity contribution in [3.8, 4) is 39.5 Å². The Morgan fingerprint density at radius 3 is 2.17 bits per heavy atom. The van der Waals surface area contributed by atoms with Crippen LogP contribution in [-0.4, -0.2) is 19.1 Å². The maximum Gasteiger partial charge on any atom is 0.140 e. The fourth-order valence-corrected chi connectivity index (χ4v) is 5.99. The molecule has 4 nitrogen and oxygen atoms in total. The smallest absolute Gasteiger partial charge is 0.140 e. The number of rotatable bonds is 4. The third kappa shape index (κ3) is 3.84. The summed E-state index contributed by atoms with van der Waals surface area (Å²) >= 11 is 0. The molecule has 0 saturated carbocycles. The van der Waals surface area contributed by atoms with Gasteiger partial charge in [-0.25, -0.2) is 4.98 Å². The van der Waals surface area contributed by atoms with E-state index in [1.807, 2.05) is 24.4 Å². The largest absolute Gasteiger partial charge is 0.327 e. The molecule has 0 bridgehead atoms. The molecule has 0 spiro atoms. The van der Waals surface area contributed by atoms with E-state index in [4.69, 9.17) is 4.98 Å². The fourth-order valence-electron chi connectivity index (χ4n) is 5.99. The predicted octanol–water partition coefficient (Wildman–Crippen LogP) is 9.07. The van der Waals surface area contributed by atoms with E-state index < -0.39 is 0 Å². The summed E-state index contributed by atoms with van der Waals surface area (Å²) in [4.78, 5) is 9.60. The van der Waals surface area contributed by atoms with Crippen LogP contribution in [0.4, 0.5) is 0 Å². The van der Waals surface area contributed by atoms with Crippen LogP contribution in [0.1, 0.15) is 0 Å². The van der Waals surface area contributed by atoms with Crippen LogP contribution in [0, 0.1) is 0 Å². The topological polar surface area (TPSA) is 35.6 Å². The van der Waals surface area contributed by atoms with Crippen molar-refractivity contribution in [2.45, 2.75) is 0 Å². The zero-order chi connectivity index (χ0) is 27.3. The van der Waals surface area contributed by atoms with Gasteiger partial charge in [-0.05, 0) is 65.7 Å². The number of hydrogen-bond acceptors (Lipinski definition) is 2. The molecule has 0 aliphatic carbocycles. The summed E-state index contributed by atoms with van der Waals surface area (Å²) < 4.78 is 4.55. The number of imidazole rings is 1. The van der Waals surface area contributed by atoms with Crippen LogP contribution in [0.5, 0.6) is 0 Å². The summed E-state index contributed by atoms with van der Waals surface area (Å²) in [6, 6.07) is 47.1. The van der Waals surface area contributed by atoms with Gasteiger partial charge in [0.2, 0.25) is 0 Å². The van der Waals surface area contributed by atoms with E-state index in [0.717, 1.165) is 44.9 Å². The first kappa shape index (κ1) is 23.4. The van der Waals surface area contributed by atoms with Crippen LogP contribution in [0.25, 0.3) is 72.3 Å². The van der Waals surface area contributed by atoms with Crippen molar-refractivity contribution >= 4 is 32.8 Å². The molecule has 0 saturated heterocycles. The summed E-state index contributed by atoms with van der Waals surface area (Å²) in [5.74, 6) is 0.956. The highest BCUT2D eigenvalue weighted by atomic mass is 15.1. The van der Waals surface area contributed by atoms with Gasteiger partial charge in [0.05, 0.1) is 27.8 Å². The number of aryl methyl sites for hydroxylation is 1. The number of benzene rings is 5. The normalized spacial score (nSPS) is 11.5. The molecule has 0 aliphatic rings. The van der Waals surface area contributed by atoms with Crippen molar-refractivity contribution in [3.05, 3.63) is 140 Å². The molecule has 0 atom stereocenters. The summed E-state index contributed by atoms with van der Waals surface area (Å²) in [7, 11) is 2.09. The first-order valence-electron chi connectivity index (χ1n) is 13.8. The average Bonchev–Trinajstić information content (AvgIpc) is 3.56. The lowest BCUT2D eigenvalue weighted by molar-refractivity contribution is 0.959. The van der Waals surface area contributed by atoms with Crippen LogP contribution in [-0.2, 0) is 7.05 Å². The minimum atomic E-state index is 0.956. The first-order valence-corrected chi connectivity index (χ1v) is 13.8. The van der Waals surface area contributed by atoms with Gasteiger partial charge in [-0.15, -0.1) is 0 Å². The molecule has 0 fully saturated rings. The molecule has 0 aliphatic heterocycles. The van der Waals surface area contributed by atoms with Gasteiger partial charge in [-0.2, -0.15) is 0 Å². The zero-order valence-corrected chi connectivity index (χ0v) is 22.6. The van der Waals surface area contributed by atoms with E-state index in [0.29, 0.717) is 0 Å². The van der Waals surface area contributed by atoms with Crippen molar-refractivity contribution < 1.29 is 0 Å². The molecular formula is C37H26N4. The maximum absolute atomic E-state index is 5.00. The van der Waals surface area contributed by atoms with Gasteiger partial charge in [0.25, 0.3) is 0 Å². The summed E-state index contributed by atoms with van der Waals surface area (Å²) in [6.07, 6.45) is 1.84. The van der Waals surface area contributed by atoms with Crippen LogP contribution in [0.3, 0.4) is 0 Å². The van der Waals surface area contributed by atoms with E-state index in [1.54, 1.807) is 0 Å². The van der Waals surface area contributed by atoms with Crippen molar-refractivity contribution in [1.29, 1.82) is 0 Å².